The summed E-state index contributed by atoms with van der Waals surface area (Å²) in [5, 5.41) is 11.0. The molecule has 0 saturated carbocycles. The third-order valence-corrected chi connectivity index (χ3v) is 4.73. The highest BCUT2D eigenvalue weighted by molar-refractivity contribution is 8.00. The fourth-order valence-electron chi connectivity index (χ4n) is 2.36. The number of rotatable bonds is 6. The van der Waals surface area contributed by atoms with E-state index in [9.17, 15) is 24.3 Å². The lowest BCUT2D eigenvalue weighted by Crippen LogP contribution is -2.79. The molecule has 2 heterocycles. The highest BCUT2D eigenvalue weighted by Crippen LogP contribution is 2.46. The van der Waals surface area contributed by atoms with Gasteiger partial charge in [0, 0.05) is 25.4 Å². The van der Waals surface area contributed by atoms with E-state index >= 15 is 0 Å². The van der Waals surface area contributed by atoms with E-state index in [2.05, 4.69) is 5.32 Å². The molecule has 2 aliphatic heterocycles. The lowest BCUT2D eigenvalue weighted by Gasteiger charge is -2.55. The summed E-state index contributed by atoms with van der Waals surface area (Å²) in [6.07, 6.45) is 0.331. The molecule has 1 fully saturated rings. The SMILES string of the molecule is COC1(NC=O)C(=O)N2C(C(=O)O)=C(COC(C)=O)CS[C@@H]21. The Hall–Kier alpha value is -2.07. The van der Waals surface area contributed by atoms with E-state index in [1.54, 1.807) is 0 Å². The third kappa shape index (κ3) is 2.33. The molecule has 120 valence electrons. The van der Waals surface area contributed by atoms with Crippen LogP contribution in [0, 0.1) is 0 Å². The molecule has 0 aromatic rings. The van der Waals surface area contributed by atoms with E-state index in [0.717, 1.165) is 4.90 Å². The molecule has 2 atom stereocenters. The molecule has 0 bridgehead atoms. The second-order valence-corrected chi connectivity index (χ2v) is 5.65. The topological polar surface area (TPSA) is 122 Å². The molecule has 0 radical (unpaired) electrons. The average molecular weight is 330 g/mol. The van der Waals surface area contributed by atoms with Crippen molar-refractivity contribution >= 4 is 36.0 Å². The molecule has 9 nitrogen and oxygen atoms in total. The summed E-state index contributed by atoms with van der Waals surface area (Å²) >= 11 is 1.22. The molecule has 1 saturated heterocycles. The number of β-lactam (4-membered cyclic amide) rings is 1. The van der Waals surface area contributed by atoms with Crippen LogP contribution in [0.2, 0.25) is 0 Å². The number of methoxy groups -OCH3 is 1. The first-order chi connectivity index (χ1) is 10.4. The van der Waals surface area contributed by atoms with Crippen molar-refractivity contribution in [3.8, 4) is 0 Å². The Morgan fingerprint density at radius 2 is 2.27 bits per heavy atom. The average Bonchev–Trinajstić information content (AvgIpc) is 2.48. The molecule has 0 aromatic heterocycles. The van der Waals surface area contributed by atoms with Gasteiger partial charge in [-0.05, 0) is 0 Å². The third-order valence-electron chi connectivity index (χ3n) is 3.36. The largest absolute Gasteiger partial charge is 0.477 e. The first kappa shape index (κ1) is 16.3. The number of nitrogens with one attached hydrogen (secondary N) is 1. The van der Waals surface area contributed by atoms with Crippen molar-refractivity contribution in [2.24, 2.45) is 0 Å². The lowest BCUT2D eigenvalue weighted by atomic mass is 9.98. The standard InChI is InChI=1S/C12H14N2O7S/c1-6(16)21-3-7-4-22-11-12(20-2,13-5-15)10(19)14(11)8(7)9(17)18/h5,11H,3-4H2,1-2H3,(H,13,15)(H,17,18)/t11-,12?/m1/s1. The van der Waals surface area contributed by atoms with Crippen molar-refractivity contribution < 1.29 is 33.8 Å². The van der Waals surface area contributed by atoms with Crippen molar-refractivity contribution in [3.63, 3.8) is 0 Å². The van der Waals surface area contributed by atoms with Crippen LogP contribution in [-0.4, -0.2) is 64.8 Å². The summed E-state index contributed by atoms with van der Waals surface area (Å²) < 4.78 is 9.92. The quantitative estimate of drug-likeness (QED) is 0.272. The normalized spacial score (nSPS) is 26.9. The van der Waals surface area contributed by atoms with Crippen molar-refractivity contribution in [1.82, 2.24) is 10.2 Å². The van der Waals surface area contributed by atoms with Gasteiger partial charge in [0.05, 0.1) is 0 Å². The first-order valence-electron chi connectivity index (χ1n) is 6.19. The number of hydrogen-bond acceptors (Lipinski definition) is 7. The zero-order valence-corrected chi connectivity index (χ0v) is 12.6. The minimum Gasteiger partial charge on any atom is -0.477 e. The summed E-state index contributed by atoms with van der Waals surface area (Å²) in [4.78, 5) is 46.4. The van der Waals surface area contributed by atoms with Crippen molar-refractivity contribution in [2.45, 2.75) is 18.0 Å². The van der Waals surface area contributed by atoms with Crippen LogP contribution in [0.4, 0.5) is 0 Å². The van der Waals surface area contributed by atoms with Crippen molar-refractivity contribution in [2.75, 3.05) is 19.5 Å². The zero-order chi connectivity index (χ0) is 16.5. The molecule has 0 spiro atoms. The Morgan fingerprint density at radius 3 is 2.77 bits per heavy atom. The van der Waals surface area contributed by atoms with Crippen LogP contribution in [0.3, 0.4) is 0 Å². The van der Waals surface area contributed by atoms with Gasteiger partial charge in [0.25, 0.3) is 11.6 Å². The number of nitrogens with zero attached hydrogens (tertiary/aromatic N) is 1. The number of ether oxygens (including phenoxy) is 2. The number of thioether (sulfide) groups is 1. The van der Waals surface area contributed by atoms with E-state index in [-0.39, 0.29) is 18.1 Å². The number of amides is 2. The van der Waals surface area contributed by atoms with Gasteiger partial charge in [-0.3, -0.25) is 19.3 Å². The molecule has 2 amide bonds. The predicted molar refractivity (Wildman–Crippen MR) is 73.3 cm³/mol. The predicted octanol–water partition coefficient (Wildman–Crippen LogP) is -1.11. The molecule has 2 aliphatic rings. The van der Waals surface area contributed by atoms with Gasteiger partial charge in [0.2, 0.25) is 6.41 Å². The number of carbonyl (C=O) groups excluding carboxylic acids is 3. The van der Waals surface area contributed by atoms with Gasteiger partial charge in [0.15, 0.2) is 0 Å². The van der Waals surface area contributed by atoms with Gasteiger partial charge in [-0.1, -0.05) is 0 Å². The molecular weight excluding hydrogens is 316 g/mol. The fourth-order valence-corrected chi connectivity index (χ4v) is 3.79. The molecule has 2 N–H and O–H groups in total. The van der Waals surface area contributed by atoms with Gasteiger partial charge in [-0.15, -0.1) is 11.8 Å². The van der Waals surface area contributed by atoms with E-state index in [4.69, 9.17) is 9.47 Å². The maximum Gasteiger partial charge on any atom is 0.352 e. The second kappa shape index (κ2) is 5.97. The molecular formula is C12H14N2O7S. The monoisotopic (exact) mass is 330 g/mol. The highest BCUT2D eigenvalue weighted by atomic mass is 32.2. The highest BCUT2D eigenvalue weighted by Gasteiger charge is 2.66. The number of aliphatic carboxylic acids is 1. The van der Waals surface area contributed by atoms with Gasteiger partial charge in [-0.2, -0.15) is 0 Å². The number of hydrogen-bond donors (Lipinski definition) is 2. The number of fused-ring (bicyclic) bond motifs is 1. The smallest absolute Gasteiger partial charge is 0.352 e. The van der Waals surface area contributed by atoms with E-state index in [1.165, 1.54) is 25.8 Å². The van der Waals surface area contributed by atoms with Gasteiger partial charge < -0.3 is 19.9 Å². The molecule has 22 heavy (non-hydrogen) atoms. The van der Waals surface area contributed by atoms with Crippen LogP contribution in [0.5, 0.6) is 0 Å². The maximum atomic E-state index is 12.3. The number of esters is 1. The first-order valence-corrected chi connectivity index (χ1v) is 7.24. The Balaban J connectivity index is 2.33. The van der Waals surface area contributed by atoms with E-state index < -0.39 is 28.9 Å². The van der Waals surface area contributed by atoms with Crippen molar-refractivity contribution in [1.29, 1.82) is 0 Å². The minimum atomic E-state index is -1.57. The summed E-state index contributed by atoms with van der Waals surface area (Å²) in [5.41, 5.74) is -1.50. The van der Waals surface area contributed by atoms with Gasteiger partial charge in [-0.25, -0.2) is 4.79 Å². The summed E-state index contributed by atoms with van der Waals surface area (Å²) in [5.74, 6) is -2.31. The van der Waals surface area contributed by atoms with Crippen LogP contribution in [0.15, 0.2) is 11.3 Å². The summed E-state index contributed by atoms with van der Waals surface area (Å²) in [6.45, 7) is 1.00. The Kier molecular flexibility index (Phi) is 4.42. The second-order valence-electron chi connectivity index (χ2n) is 4.58. The van der Waals surface area contributed by atoms with Crippen LogP contribution < -0.4 is 5.32 Å². The molecule has 1 unspecified atom stereocenters. The number of carboxylic acids is 1. The Labute approximate surface area is 129 Å². The Bertz CT molecular complexity index is 576. The molecule has 0 aromatic carbocycles. The maximum absolute atomic E-state index is 12.3. The van der Waals surface area contributed by atoms with E-state index in [0.29, 0.717) is 12.0 Å². The zero-order valence-electron chi connectivity index (χ0n) is 11.8. The summed E-state index contributed by atoms with van der Waals surface area (Å²) in [6, 6.07) is 0. The van der Waals surface area contributed by atoms with Gasteiger partial charge >= 0.3 is 11.9 Å². The minimum absolute atomic E-state index is 0.207. The van der Waals surface area contributed by atoms with Crippen molar-refractivity contribution in [3.05, 3.63) is 11.3 Å². The molecule has 0 aliphatic carbocycles. The van der Waals surface area contributed by atoms with E-state index in [1.807, 2.05) is 0 Å². The number of carboxylic acid groups (broad SMARTS) is 1. The fraction of sp³-hybridized carbons (Fsp3) is 0.500. The van der Waals surface area contributed by atoms with Crippen LogP contribution in [0.25, 0.3) is 0 Å². The van der Waals surface area contributed by atoms with Crippen LogP contribution in [0.1, 0.15) is 6.92 Å². The lowest BCUT2D eigenvalue weighted by molar-refractivity contribution is -0.190. The van der Waals surface area contributed by atoms with Gasteiger partial charge in [0.1, 0.15) is 17.7 Å². The Morgan fingerprint density at radius 1 is 1.59 bits per heavy atom. The summed E-state index contributed by atoms with van der Waals surface area (Å²) in [7, 11) is 1.25. The van der Waals surface area contributed by atoms with Crippen LogP contribution in [-0.2, 0) is 28.7 Å². The molecule has 10 heteroatoms. The number of carbonyl (C=O) groups is 4. The van der Waals surface area contributed by atoms with Crippen LogP contribution >= 0.6 is 11.8 Å². The molecule has 2 rings (SSSR count).